The van der Waals surface area contributed by atoms with Crippen molar-refractivity contribution in [3.8, 4) is 5.75 Å². The van der Waals surface area contributed by atoms with Gasteiger partial charge in [-0.1, -0.05) is 19.3 Å². The summed E-state index contributed by atoms with van der Waals surface area (Å²) in [4.78, 5) is 34.9. The Balaban J connectivity index is 2.14. The van der Waals surface area contributed by atoms with Gasteiger partial charge in [0.05, 0.1) is 0 Å². The predicted octanol–water partition coefficient (Wildman–Crippen LogP) is 2.32. The molecular formula is C20H28N2O5. The minimum Gasteiger partial charge on any atom is -0.481 e. The summed E-state index contributed by atoms with van der Waals surface area (Å²) in [6.07, 6.45) is 5.49. The number of carboxylic acid groups (broad SMARTS) is 1. The molecule has 1 aliphatic carbocycles. The van der Waals surface area contributed by atoms with E-state index in [1.807, 2.05) is 0 Å². The summed E-state index contributed by atoms with van der Waals surface area (Å²) in [5.74, 6) is -1.01. The number of primary amides is 1. The van der Waals surface area contributed by atoms with Gasteiger partial charge in [0, 0.05) is 18.0 Å². The molecule has 4 N–H and O–H groups in total. The van der Waals surface area contributed by atoms with E-state index in [4.69, 9.17) is 15.6 Å². The van der Waals surface area contributed by atoms with Crippen molar-refractivity contribution in [3.05, 3.63) is 28.8 Å². The molecule has 1 aliphatic rings. The van der Waals surface area contributed by atoms with Gasteiger partial charge in [0.2, 0.25) is 5.91 Å². The molecule has 1 saturated carbocycles. The smallest absolute Gasteiger partial charge is 0.341 e. The van der Waals surface area contributed by atoms with Crippen LogP contribution in [-0.4, -0.2) is 35.5 Å². The minimum atomic E-state index is -1.06. The van der Waals surface area contributed by atoms with E-state index in [9.17, 15) is 14.4 Å². The molecule has 0 aliphatic heterocycles. The van der Waals surface area contributed by atoms with E-state index in [0.717, 1.165) is 25.7 Å². The number of aliphatic carboxylic acids is 1. The molecule has 27 heavy (non-hydrogen) atoms. The van der Waals surface area contributed by atoms with Crippen LogP contribution in [0.3, 0.4) is 0 Å². The molecule has 1 aromatic rings. The molecule has 2 rings (SSSR count). The van der Waals surface area contributed by atoms with Gasteiger partial charge in [-0.3, -0.25) is 9.59 Å². The van der Waals surface area contributed by atoms with Crippen LogP contribution in [0.5, 0.6) is 5.75 Å². The molecule has 7 nitrogen and oxygen atoms in total. The highest BCUT2D eigenvalue weighted by atomic mass is 16.5. The van der Waals surface area contributed by atoms with Crippen molar-refractivity contribution in [2.24, 2.45) is 11.7 Å². The molecule has 2 amide bonds. The first kappa shape index (κ1) is 20.7. The van der Waals surface area contributed by atoms with Crippen molar-refractivity contribution in [2.75, 3.05) is 6.61 Å². The van der Waals surface area contributed by atoms with Crippen LogP contribution in [0.25, 0.3) is 0 Å². The Kier molecular flexibility index (Phi) is 7.21. The summed E-state index contributed by atoms with van der Waals surface area (Å²) in [7, 11) is 0. The summed E-state index contributed by atoms with van der Waals surface area (Å²) >= 11 is 0. The molecule has 1 atom stereocenters. The second-order valence-electron chi connectivity index (χ2n) is 7.27. The third kappa shape index (κ3) is 5.98. The first-order valence-corrected chi connectivity index (χ1v) is 9.33. The maximum absolute atomic E-state index is 12.8. The standard InChI is InChI=1S/C20H28N2O5/c1-12-8-15(9-13(2)19(12)27-11-18(24)25)20(26)22-16(10-17(21)23)14-6-4-3-5-7-14/h8-9,14,16H,3-7,10-11H2,1-2H3,(H2,21,23)(H,22,26)(H,24,25). The van der Waals surface area contributed by atoms with E-state index in [2.05, 4.69) is 5.32 Å². The van der Waals surface area contributed by atoms with E-state index < -0.39 is 18.5 Å². The zero-order valence-corrected chi connectivity index (χ0v) is 15.9. The Morgan fingerprint density at radius 3 is 2.30 bits per heavy atom. The Morgan fingerprint density at radius 2 is 1.78 bits per heavy atom. The largest absolute Gasteiger partial charge is 0.481 e. The van der Waals surface area contributed by atoms with Crippen LogP contribution in [0.15, 0.2) is 12.1 Å². The normalized spacial score (nSPS) is 15.8. The Labute approximate surface area is 159 Å². The number of carbonyl (C=O) groups excluding carboxylic acids is 2. The van der Waals surface area contributed by atoms with Crippen LogP contribution < -0.4 is 15.8 Å². The summed E-state index contributed by atoms with van der Waals surface area (Å²) in [5, 5.41) is 11.8. The molecule has 7 heteroatoms. The van der Waals surface area contributed by atoms with Gasteiger partial charge in [-0.25, -0.2) is 4.79 Å². The van der Waals surface area contributed by atoms with E-state index in [0.29, 0.717) is 22.4 Å². The zero-order valence-electron chi connectivity index (χ0n) is 15.9. The predicted molar refractivity (Wildman–Crippen MR) is 101 cm³/mol. The second kappa shape index (κ2) is 9.39. The fourth-order valence-corrected chi connectivity index (χ4v) is 3.78. The maximum Gasteiger partial charge on any atom is 0.341 e. The number of benzene rings is 1. The van der Waals surface area contributed by atoms with E-state index >= 15 is 0 Å². The minimum absolute atomic E-state index is 0.133. The van der Waals surface area contributed by atoms with Crippen LogP contribution in [-0.2, 0) is 9.59 Å². The fourth-order valence-electron chi connectivity index (χ4n) is 3.78. The van der Waals surface area contributed by atoms with Crippen LogP contribution in [0.4, 0.5) is 0 Å². The molecule has 1 unspecified atom stereocenters. The SMILES string of the molecule is Cc1cc(C(=O)NC(CC(N)=O)C2CCCCC2)cc(C)c1OCC(=O)O. The highest BCUT2D eigenvalue weighted by Crippen LogP contribution is 2.29. The summed E-state index contributed by atoms with van der Waals surface area (Å²) in [5.41, 5.74) is 7.21. The average molecular weight is 376 g/mol. The summed E-state index contributed by atoms with van der Waals surface area (Å²) in [6.45, 7) is 3.10. The molecule has 1 aromatic carbocycles. The lowest BCUT2D eigenvalue weighted by Crippen LogP contribution is -2.43. The molecule has 0 bridgehead atoms. The summed E-state index contributed by atoms with van der Waals surface area (Å²) < 4.78 is 5.30. The highest BCUT2D eigenvalue weighted by Gasteiger charge is 2.27. The molecule has 148 valence electrons. The van der Waals surface area contributed by atoms with E-state index in [1.165, 1.54) is 6.42 Å². The van der Waals surface area contributed by atoms with E-state index in [1.54, 1.807) is 26.0 Å². The van der Waals surface area contributed by atoms with Crippen LogP contribution in [0, 0.1) is 19.8 Å². The molecule has 0 heterocycles. The first-order chi connectivity index (χ1) is 12.8. The van der Waals surface area contributed by atoms with Gasteiger partial charge in [-0.15, -0.1) is 0 Å². The molecule has 0 saturated heterocycles. The molecular weight excluding hydrogens is 348 g/mol. The number of hydrogen-bond acceptors (Lipinski definition) is 4. The zero-order chi connectivity index (χ0) is 20.0. The molecule has 0 spiro atoms. The lowest BCUT2D eigenvalue weighted by molar-refractivity contribution is -0.139. The number of ether oxygens (including phenoxy) is 1. The van der Waals surface area contributed by atoms with Crippen molar-refractivity contribution < 1.29 is 24.2 Å². The summed E-state index contributed by atoms with van der Waals surface area (Å²) in [6, 6.07) is 3.07. The van der Waals surface area contributed by atoms with Crippen LogP contribution in [0.1, 0.15) is 60.0 Å². The number of nitrogens with two attached hydrogens (primary N) is 1. The Bertz CT molecular complexity index is 687. The number of rotatable bonds is 8. The topological polar surface area (TPSA) is 119 Å². The average Bonchev–Trinajstić information content (AvgIpc) is 2.60. The quantitative estimate of drug-likeness (QED) is 0.643. The number of carbonyl (C=O) groups is 3. The third-order valence-electron chi connectivity index (χ3n) is 5.02. The number of carboxylic acids is 1. The Morgan fingerprint density at radius 1 is 1.19 bits per heavy atom. The van der Waals surface area contributed by atoms with Gasteiger partial charge < -0.3 is 20.9 Å². The Hall–Kier alpha value is -2.57. The highest BCUT2D eigenvalue weighted by molar-refractivity contribution is 5.95. The van der Waals surface area contributed by atoms with Crippen molar-refractivity contribution in [1.82, 2.24) is 5.32 Å². The second-order valence-corrected chi connectivity index (χ2v) is 7.27. The fraction of sp³-hybridized carbons (Fsp3) is 0.550. The van der Waals surface area contributed by atoms with Crippen molar-refractivity contribution in [3.63, 3.8) is 0 Å². The lowest BCUT2D eigenvalue weighted by Gasteiger charge is -2.30. The van der Waals surface area contributed by atoms with Crippen LogP contribution in [0.2, 0.25) is 0 Å². The number of aryl methyl sites for hydroxylation is 2. The van der Waals surface area contributed by atoms with Crippen LogP contribution >= 0.6 is 0 Å². The monoisotopic (exact) mass is 376 g/mol. The van der Waals surface area contributed by atoms with E-state index in [-0.39, 0.29) is 24.3 Å². The van der Waals surface area contributed by atoms with Gasteiger partial charge >= 0.3 is 5.97 Å². The van der Waals surface area contributed by atoms with Gasteiger partial charge in [0.1, 0.15) is 5.75 Å². The van der Waals surface area contributed by atoms with Gasteiger partial charge in [0.25, 0.3) is 5.91 Å². The molecule has 1 fully saturated rings. The lowest BCUT2D eigenvalue weighted by atomic mass is 9.82. The maximum atomic E-state index is 12.8. The van der Waals surface area contributed by atoms with Crippen molar-refractivity contribution in [1.29, 1.82) is 0 Å². The first-order valence-electron chi connectivity index (χ1n) is 9.33. The molecule has 0 radical (unpaired) electrons. The van der Waals surface area contributed by atoms with Gasteiger partial charge in [-0.2, -0.15) is 0 Å². The number of amides is 2. The third-order valence-corrected chi connectivity index (χ3v) is 5.02. The van der Waals surface area contributed by atoms with Crippen molar-refractivity contribution >= 4 is 17.8 Å². The number of nitrogens with one attached hydrogen (secondary N) is 1. The van der Waals surface area contributed by atoms with Crippen molar-refractivity contribution in [2.45, 2.75) is 58.4 Å². The van der Waals surface area contributed by atoms with Gasteiger partial charge in [0.15, 0.2) is 6.61 Å². The van der Waals surface area contributed by atoms with Gasteiger partial charge in [-0.05, 0) is 55.9 Å². The molecule has 0 aromatic heterocycles. The number of hydrogen-bond donors (Lipinski definition) is 3.